The summed E-state index contributed by atoms with van der Waals surface area (Å²) in [6, 6.07) is 17.1. The quantitative estimate of drug-likeness (QED) is 0.360. The number of nitrogens with one attached hydrogen (secondary N) is 2. The molecule has 3 nitrogen and oxygen atoms in total. The molecule has 1 aliphatic carbocycles. The van der Waals surface area contributed by atoms with Crippen molar-refractivity contribution in [2.45, 2.75) is 37.1 Å². The minimum absolute atomic E-state index is 0.00883. The van der Waals surface area contributed by atoms with E-state index in [1.54, 1.807) is 24.5 Å². The molecule has 1 saturated carbocycles. The van der Waals surface area contributed by atoms with E-state index < -0.39 is 5.54 Å². The fraction of sp³-hybridized carbons (Fsp3) is 0.269. The van der Waals surface area contributed by atoms with Crippen LogP contribution in [0.3, 0.4) is 0 Å². The van der Waals surface area contributed by atoms with Gasteiger partial charge in [-0.1, -0.05) is 65.6 Å². The average Bonchev–Trinajstić information content (AvgIpc) is 3.35. The van der Waals surface area contributed by atoms with E-state index in [9.17, 15) is 4.79 Å². The average molecular weight is 522 g/mol. The lowest BCUT2D eigenvalue weighted by Crippen LogP contribution is -2.57. The Kier molecular flexibility index (Phi) is 9.27. The van der Waals surface area contributed by atoms with Crippen LogP contribution in [-0.4, -0.2) is 18.5 Å². The van der Waals surface area contributed by atoms with E-state index in [0.717, 1.165) is 47.5 Å². The topological polar surface area (TPSA) is 41.1 Å². The van der Waals surface area contributed by atoms with Crippen LogP contribution in [0.1, 0.15) is 42.7 Å². The Balaban J connectivity index is 0.000000374. The smallest absolute Gasteiger partial charge is 0.245 e. The highest BCUT2D eigenvalue weighted by Gasteiger charge is 2.42. The third kappa shape index (κ3) is 6.77. The first-order chi connectivity index (χ1) is 15.8. The highest BCUT2D eigenvalue weighted by Crippen LogP contribution is 2.41. The number of benzene rings is 2. The van der Waals surface area contributed by atoms with Crippen molar-refractivity contribution < 1.29 is 4.79 Å². The van der Waals surface area contributed by atoms with Crippen molar-refractivity contribution in [2.24, 2.45) is 0 Å². The standard InChI is InChI=1S/C20H22Cl2N2OS.C6H5Cl/c1-13(15-7-10-26-12-15)24-20(19(25)23-2)8-5-14(6-9-20)17-4-3-16(21)11-18(17)22;7-6-4-2-1-3-5-6/h3-4,7,10-12,14,24H,1,5-6,8-9H2,2H3,(H,23,25);1-5H. The zero-order valence-electron chi connectivity index (χ0n) is 18.4. The van der Waals surface area contributed by atoms with Gasteiger partial charge in [0, 0.05) is 33.4 Å². The van der Waals surface area contributed by atoms with E-state index in [1.807, 2.05) is 59.3 Å². The Morgan fingerprint density at radius 3 is 2.24 bits per heavy atom. The Labute approximate surface area is 214 Å². The van der Waals surface area contributed by atoms with Crippen molar-refractivity contribution in [3.63, 3.8) is 0 Å². The minimum Gasteiger partial charge on any atom is -0.371 e. The summed E-state index contributed by atoms with van der Waals surface area (Å²) in [5.74, 6) is 0.336. The number of likely N-dealkylation sites (N-methyl/N-ethyl adjacent to an activating group) is 1. The van der Waals surface area contributed by atoms with Crippen LogP contribution in [0.4, 0.5) is 0 Å². The predicted octanol–water partition coefficient (Wildman–Crippen LogP) is 7.80. The lowest BCUT2D eigenvalue weighted by Gasteiger charge is -2.40. The van der Waals surface area contributed by atoms with Gasteiger partial charge in [-0.25, -0.2) is 0 Å². The van der Waals surface area contributed by atoms with Crippen LogP contribution in [-0.2, 0) is 4.79 Å². The molecule has 33 heavy (non-hydrogen) atoms. The molecule has 7 heteroatoms. The van der Waals surface area contributed by atoms with E-state index >= 15 is 0 Å². The summed E-state index contributed by atoms with van der Waals surface area (Å²) >= 11 is 19.6. The molecule has 1 aliphatic rings. The summed E-state index contributed by atoms with van der Waals surface area (Å²) in [4.78, 5) is 12.7. The van der Waals surface area contributed by atoms with Crippen molar-refractivity contribution in [2.75, 3.05) is 7.05 Å². The number of amides is 1. The van der Waals surface area contributed by atoms with Crippen LogP contribution in [0.25, 0.3) is 5.70 Å². The Morgan fingerprint density at radius 2 is 1.73 bits per heavy atom. The fourth-order valence-corrected chi connectivity index (χ4v) is 5.49. The van der Waals surface area contributed by atoms with Gasteiger partial charge in [0.15, 0.2) is 0 Å². The summed E-state index contributed by atoms with van der Waals surface area (Å²) in [5.41, 5.74) is 2.29. The van der Waals surface area contributed by atoms with Gasteiger partial charge in [0.25, 0.3) is 0 Å². The summed E-state index contributed by atoms with van der Waals surface area (Å²) in [6.07, 6.45) is 3.19. The van der Waals surface area contributed by atoms with Crippen molar-refractivity contribution in [1.29, 1.82) is 0 Å². The fourth-order valence-electron chi connectivity index (χ4n) is 4.11. The number of halogens is 3. The maximum atomic E-state index is 12.7. The normalized spacial score (nSPS) is 19.7. The highest BCUT2D eigenvalue weighted by atomic mass is 35.5. The number of carbonyl (C=O) groups excluding carboxylic acids is 1. The second kappa shape index (κ2) is 11.9. The van der Waals surface area contributed by atoms with Crippen LogP contribution in [0.5, 0.6) is 0 Å². The Hall–Kier alpha value is -1.98. The largest absolute Gasteiger partial charge is 0.371 e. The van der Waals surface area contributed by atoms with Crippen LogP contribution >= 0.6 is 46.1 Å². The van der Waals surface area contributed by atoms with Gasteiger partial charge < -0.3 is 10.6 Å². The SMILES string of the molecule is C=C(NC1(C(=O)NC)CCC(c2ccc(Cl)cc2Cl)CC1)c1ccsc1.Clc1ccccc1. The number of thiophene rings is 1. The van der Waals surface area contributed by atoms with E-state index in [1.165, 1.54) is 0 Å². The third-order valence-corrected chi connectivity index (χ3v) is 7.39. The zero-order chi connectivity index (χ0) is 23.8. The van der Waals surface area contributed by atoms with Gasteiger partial charge in [0.2, 0.25) is 5.91 Å². The number of hydrogen-bond acceptors (Lipinski definition) is 3. The molecule has 2 aromatic carbocycles. The molecule has 4 rings (SSSR count). The van der Waals surface area contributed by atoms with Gasteiger partial charge in [-0.05, 0) is 78.3 Å². The summed E-state index contributed by atoms with van der Waals surface area (Å²) in [5, 5.41) is 12.4. The minimum atomic E-state index is -0.636. The lowest BCUT2D eigenvalue weighted by molar-refractivity contribution is -0.128. The van der Waals surface area contributed by atoms with Gasteiger partial charge in [-0.2, -0.15) is 11.3 Å². The van der Waals surface area contributed by atoms with Crippen LogP contribution in [0.15, 0.2) is 71.9 Å². The molecule has 2 N–H and O–H groups in total. The van der Waals surface area contributed by atoms with E-state index in [-0.39, 0.29) is 5.91 Å². The molecule has 0 bridgehead atoms. The maximum Gasteiger partial charge on any atom is 0.245 e. The molecular weight excluding hydrogens is 495 g/mol. The number of carbonyl (C=O) groups is 1. The van der Waals surface area contributed by atoms with E-state index in [0.29, 0.717) is 16.0 Å². The first kappa shape index (κ1) is 25.6. The molecule has 1 fully saturated rings. The Bertz CT molecular complexity index is 1060. The van der Waals surface area contributed by atoms with Crippen LogP contribution in [0, 0.1) is 0 Å². The molecule has 0 atom stereocenters. The van der Waals surface area contributed by atoms with Crippen LogP contribution < -0.4 is 10.6 Å². The molecule has 1 amide bonds. The second-order valence-electron chi connectivity index (χ2n) is 8.01. The third-order valence-electron chi connectivity index (χ3n) is 5.90. The zero-order valence-corrected chi connectivity index (χ0v) is 21.5. The van der Waals surface area contributed by atoms with Gasteiger partial charge in [0.1, 0.15) is 5.54 Å². The van der Waals surface area contributed by atoms with Crippen molar-refractivity contribution >= 4 is 57.7 Å². The summed E-state index contributed by atoms with van der Waals surface area (Å²) < 4.78 is 0. The molecule has 0 radical (unpaired) electrons. The van der Waals surface area contributed by atoms with Gasteiger partial charge >= 0.3 is 0 Å². The molecule has 1 heterocycles. The molecule has 0 unspecified atom stereocenters. The summed E-state index contributed by atoms with van der Waals surface area (Å²) in [6.45, 7) is 4.13. The number of hydrogen-bond donors (Lipinski definition) is 2. The molecule has 0 aliphatic heterocycles. The lowest BCUT2D eigenvalue weighted by atomic mass is 9.73. The molecule has 0 spiro atoms. The van der Waals surface area contributed by atoms with Crippen LogP contribution in [0.2, 0.25) is 15.1 Å². The molecule has 174 valence electrons. The molecule has 0 saturated heterocycles. The number of rotatable bonds is 5. The second-order valence-corrected chi connectivity index (χ2v) is 10.1. The first-order valence-corrected chi connectivity index (χ1v) is 12.8. The van der Waals surface area contributed by atoms with Gasteiger partial charge in [0.05, 0.1) is 0 Å². The van der Waals surface area contributed by atoms with Gasteiger partial charge in [-0.3, -0.25) is 4.79 Å². The molecule has 1 aromatic heterocycles. The molecule has 3 aromatic rings. The summed E-state index contributed by atoms with van der Waals surface area (Å²) in [7, 11) is 1.68. The monoisotopic (exact) mass is 520 g/mol. The highest BCUT2D eigenvalue weighted by molar-refractivity contribution is 7.08. The molecular formula is C26H27Cl3N2OS. The van der Waals surface area contributed by atoms with Crippen molar-refractivity contribution in [3.05, 3.63) is 98.1 Å². The predicted molar refractivity (Wildman–Crippen MR) is 142 cm³/mol. The van der Waals surface area contributed by atoms with E-state index in [4.69, 9.17) is 34.8 Å². The van der Waals surface area contributed by atoms with Crippen molar-refractivity contribution in [1.82, 2.24) is 10.6 Å². The van der Waals surface area contributed by atoms with Crippen molar-refractivity contribution in [3.8, 4) is 0 Å². The Morgan fingerprint density at radius 1 is 1.03 bits per heavy atom. The van der Waals surface area contributed by atoms with Gasteiger partial charge in [-0.15, -0.1) is 0 Å². The first-order valence-electron chi connectivity index (χ1n) is 10.7. The maximum absolute atomic E-state index is 12.7. The van der Waals surface area contributed by atoms with E-state index in [2.05, 4.69) is 17.2 Å².